The second kappa shape index (κ2) is 12.3. The van der Waals surface area contributed by atoms with Crippen LogP contribution in [0.4, 0.5) is 0 Å². The van der Waals surface area contributed by atoms with E-state index in [1.807, 2.05) is 97.1 Å². The summed E-state index contributed by atoms with van der Waals surface area (Å²) in [4.78, 5) is 22.7. The van der Waals surface area contributed by atoms with Crippen molar-refractivity contribution in [2.75, 3.05) is 13.3 Å². The Morgan fingerprint density at radius 1 is 0.500 bits per heavy atom. The predicted octanol–water partition coefficient (Wildman–Crippen LogP) is -1.18. The van der Waals surface area contributed by atoms with E-state index in [4.69, 9.17) is 9.25 Å². The number of hydrogen-bond acceptors (Lipinski definition) is 6. The van der Waals surface area contributed by atoms with Crippen LogP contribution in [0.5, 0.6) is 0 Å². The van der Waals surface area contributed by atoms with Crippen LogP contribution in [0.3, 0.4) is 0 Å². The van der Waals surface area contributed by atoms with E-state index >= 15 is 0 Å². The summed E-state index contributed by atoms with van der Waals surface area (Å²) in [5.74, 6) is 0. The molecular weight excluding hydrogens is 544 g/mol. The SMILES string of the molecule is CP(=O)([O-])On1c2ccccc2c2ccccc21.CP(=O)([O-])On1c2ccccc2c2ccccc21.[Na+].[Na+]. The molecular formula is C26H22N2Na2O6P2. The number of aromatic nitrogens is 2. The molecule has 0 saturated heterocycles. The number of hydrogen-bond donors (Lipinski definition) is 0. The van der Waals surface area contributed by atoms with Crippen LogP contribution in [0, 0.1) is 0 Å². The second-order valence-electron chi connectivity index (χ2n) is 8.36. The zero-order valence-electron chi connectivity index (χ0n) is 21.5. The van der Waals surface area contributed by atoms with Gasteiger partial charge in [-0.1, -0.05) is 72.8 Å². The Labute approximate surface area is 263 Å². The molecule has 38 heavy (non-hydrogen) atoms. The van der Waals surface area contributed by atoms with E-state index in [1.165, 1.54) is 9.46 Å². The molecule has 2 atom stereocenters. The van der Waals surface area contributed by atoms with E-state index in [0.717, 1.165) is 56.9 Å². The van der Waals surface area contributed by atoms with Crippen LogP contribution < -0.4 is 78.2 Å². The van der Waals surface area contributed by atoms with Gasteiger partial charge in [0.2, 0.25) is 15.2 Å². The molecule has 0 aliphatic heterocycles. The zero-order valence-corrected chi connectivity index (χ0v) is 27.3. The fraction of sp³-hybridized carbons (Fsp3) is 0.0769. The Bertz CT molecular complexity index is 1580. The molecule has 12 heteroatoms. The van der Waals surface area contributed by atoms with E-state index in [-0.39, 0.29) is 59.1 Å². The quantitative estimate of drug-likeness (QED) is 0.197. The van der Waals surface area contributed by atoms with Gasteiger partial charge in [-0.2, -0.15) is 9.46 Å². The van der Waals surface area contributed by atoms with E-state index in [2.05, 4.69) is 0 Å². The third-order valence-electron chi connectivity index (χ3n) is 5.53. The van der Waals surface area contributed by atoms with Gasteiger partial charge in [0.1, 0.15) is 0 Å². The molecule has 0 saturated carbocycles. The molecule has 2 aromatic heterocycles. The number of nitrogens with zero attached hydrogens (tertiary/aromatic N) is 2. The van der Waals surface area contributed by atoms with Crippen LogP contribution in [-0.4, -0.2) is 22.8 Å². The Hall–Kier alpha value is -1.54. The first kappa shape index (κ1) is 31.0. The first-order valence-electron chi connectivity index (χ1n) is 11.1. The summed E-state index contributed by atoms with van der Waals surface area (Å²) in [7, 11) is -7.70. The maximum Gasteiger partial charge on any atom is 1.00 e. The third kappa shape index (κ3) is 6.60. The number of fused-ring (bicyclic) bond motifs is 6. The van der Waals surface area contributed by atoms with E-state index in [1.54, 1.807) is 0 Å². The molecule has 0 amide bonds. The largest absolute Gasteiger partial charge is 1.00 e. The normalized spacial score (nSPS) is 14.0. The van der Waals surface area contributed by atoms with Crippen molar-refractivity contribution in [3.05, 3.63) is 97.1 Å². The first-order chi connectivity index (χ1) is 17.1. The summed E-state index contributed by atoms with van der Waals surface area (Å²) in [6.45, 7) is 2.13. The standard InChI is InChI=1S/2C13H12NO3P.2Na/c2*1-18(15,16)17-14-12-8-4-2-6-10(12)11-7-3-5-9-13(11)14;;/h2*2-9H,1H3,(H,15,16);;/q;;2*+1/p-2. The molecule has 0 aliphatic rings. The van der Waals surface area contributed by atoms with Crippen molar-refractivity contribution in [2.45, 2.75) is 0 Å². The molecule has 4 aromatic carbocycles. The molecule has 0 N–H and O–H groups in total. The summed E-state index contributed by atoms with van der Waals surface area (Å²) >= 11 is 0. The van der Waals surface area contributed by atoms with Crippen molar-refractivity contribution >= 4 is 58.8 Å². The molecule has 0 bridgehead atoms. The van der Waals surface area contributed by atoms with Gasteiger partial charge in [0.05, 0.1) is 22.1 Å². The molecule has 0 fully saturated rings. The van der Waals surface area contributed by atoms with E-state index < -0.39 is 15.2 Å². The van der Waals surface area contributed by atoms with Gasteiger partial charge in [-0.15, -0.1) is 0 Å². The van der Waals surface area contributed by atoms with Crippen molar-refractivity contribution in [1.82, 2.24) is 9.46 Å². The van der Waals surface area contributed by atoms with Crippen LogP contribution in [0.1, 0.15) is 0 Å². The second-order valence-corrected chi connectivity index (χ2v) is 11.8. The monoisotopic (exact) mass is 566 g/mol. The summed E-state index contributed by atoms with van der Waals surface area (Å²) in [5, 5.41) is 3.89. The minimum atomic E-state index is -3.85. The van der Waals surface area contributed by atoms with Gasteiger partial charge in [0.25, 0.3) is 0 Å². The van der Waals surface area contributed by atoms with Crippen molar-refractivity contribution in [3.63, 3.8) is 0 Å². The minimum absolute atomic E-state index is 0. The average molecular weight is 566 g/mol. The summed E-state index contributed by atoms with van der Waals surface area (Å²) < 4.78 is 35.7. The van der Waals surface area contributed by atoms with Gasteiger partial charge < -0.3 is 19.0 Å². The fourth-order valence-electron chi connectivity index (χ4n) is 4.25. The summed E-state index contributed by atoms with van der Waals surface area (Å²) in [6.07, 6.45) is 0. The van der Waals surface area contributed by atoms with Crippen LogP contribution in [-0.2, 0) is 9.13 Å². The van der Waals surface area contributed by atoms with Crippen molar-refractivity contribution < 1.29 is 87.3 Å². The number of benzene rings is 4. The van der Waals surface area contributed by atoms with E-state index in [0.29, 0.717) is 0 Å². The predicted molar refractivity (Wildman–Crippen MR) is 139 cm³/mol. The Morgan fingerprint density at radius 3 is 0.921 bits per heavy atom. The van der Waals surface area contributed by atoms with Crippen LogP contribution >= 0.6 is 15.2 Å². The molecule has 0 radical (unpaired) electrons. The van der Waals surface area contributed by atoms with Crippen molar-refractivity contribution in [3.8, 4) is 0 Å². The Kier molecular flexibility index (Phi) is 10.0. The van der Waals surface area contributed by atoms with Crippen molar-refractivity contribution in [1.29, 1.82) is 0 Å². The molecule has 184 valence electrons. The third-order valence-corrected chi connectivity index (χ3v) is 6.45. The first-order valence-corrected chi connectivity index (χ1v) is 15.0. The minimum Gasteiger partial charge on any atom is -0.767 e. The molecule has 0 aliphatic carbocycles. The molecule has 2 heterocycles. The Balaban J connectivity index is 0.000000200. The smallest absolute Gasteiger partial charge is 0.767 e. The van der Waals surface area contributed by atoms with Gasteiger partial charge >= 0.3 is 59.1 Å². The van der Waals surface area contributed by atoms with Gasteiger partial charge in [-0.05, 0) is 24.3 Å². The van der Waals surface area contributed by atoms with E-state index in [9.17, 15) is 18.9 Å². The van der Waals surface area contributed by atoms with Gasteiger partial charge in [-0.3, -0.25) is 9.13 Å². The molecule has 2 unspecified atom stereocenters. The molecule has 6 aromatic rings. The van der Waals surface area contributed by atoms with Crippen molar-refractivity contribution in [2.24, 2.45) is 0 Å². The topological polar surface area (TPSA) is 109 Å². The number of para-hydroxylation sites is 4. The van der Waals surface area contributed by atoms with Crippen LogP contribution in [0.15, 0.2) is 97.1 Å². The van der Waals surface area contributed by atoms with Gasteiger partial charge in [-0.25, -0.2) is 0 Å². The van der Waals surface area contributed by atoms with Crippen LogP contribution in [0.2, 0.25) is 0 Å². The summed E-state index contributed by atoms with van der Waals surface area (Å²) in [5.41, 5.74) is 2.99. The summed E-state index contributed by atoms with van der Waals surface area (Å²) in [6, 6.07) is 30.2. The zero-order chi connectivity index (χ0) is 25.5. The fourth-order valence-corrected chi connectivity index (χ4v) is 5.19. The molecule has 6 rings (SSSR count). The molecule has 8 nitrogen and oxygen atoms in total. The average Bonchev–Trinajstić information content (AvgIpc) is 3.32. The molecule has 0 spiro atoms. The van der Waals surface area contributed by atoms with Gasteiger partial charge in [0.15, 0.2) is 0 Å². The maximum absolute atomic E-state index is 11.4. The maximum atomic E-state index is 11.4. The Morgan fingerprint density at radius 2 is 0.711 bits per heavy atom. The van der Waals surface area contributed by atoms with Crippen LogP contribution in [0.25, 0.3) is 43.6 Å². The number of rotatable bonds is 4. The van der Waals surface area contributed by atoms with Gasteiger partial charge in [0, 0.05) is 34.9 Å².